The molecule has 0 amide bonds. The zero-order valence-corrected chi connectivity index (χ0v) is 13.0. The summed E-state index contributed by atoms with van der Waals surface area (Å²) in [6, 6.07) is 0. The number of hydrogen-bond donors (Lipinski definition) is 0. The topological polar surface area (TPSA) is 56.1 Å². The van der Waals surface area contributed by atoms with Crippen LogP contribution in [0.4, 0.5) is 19.1 Å². The van der Waals surface area contributed by atoms with E-state index >= 15 is 0 Å². The molecule has 1 aromatic heterocycles. The molecular weight excluding hydrogens is 319 g/mol. The van der Waals surface area contributed by atoms with E-state index in [1.807, 2.05) is 11.8 Å². The second-order valence-electron chi connectivity index (χ2n) is 5.68. The first-order valence-corrected chi connectivity index (χ1v) is 8.33. The van der Waals surface area contributed by atoms with Gasteiger partial charge in [-0.25, -0.2) is 4.68 Å². The maximum Gasteiger partial charge on any atom is 0.416 e. The highest BCUT2D eigenvalue weighted by molar-refractivity contribution is 8.00. The SMILES string of the molecule is CC1CN(c2nnnn2CC2CCCS2)CC(C(F)(F)F)O1. The summed E-state index contributed by atoms with van der Waals surface area (Å²) in [5, 5.41) is 11.9. The third-order valence-electron chi connectivity index (χ3n) is 3.82. The summed E-state index contributed by atoms with van der Waals surface area (Å²) in [6.07, 6.45) is -4.45. The lowest BCUT2D eigenvalue weighted by molar-refractivity contribution is -0.233. The number of halogens is 3. The number of rotatable bonds is 3. The molecule has 2 aliphatic heterocycles. The maximum atomic E-state index is 12.9. The summed E-state index contributed by atoms with van der Waals surface area (Å²) >= 11 is 1.86. The van der Waals surface area contributed by atoms with Crippen molar-refractivity contribution in [3.63, 3.8) is 0 Å². The average molecular weight is 337 g/mol. The molecule has 10 heteroatoms. The first-order valence-electron chi connectivity index (χ1n) is 7.28. The summed E-state index contributed by atoms with van der Waals surface area (Å²) in [7, 11) is 0. The van der Waals surface area contributed by atoms with E-state index in [0.29, 0.717) is 24.3 Å². The number of alkyl halides is 3. The summed E-state index contributed by atoms with van der Waals surface area (Å²) in [5.74, 6) is 1.52. The van der Waals surface area contributed by atoms with Crippen LogP contribution in [0.25, 0.3) is 0 Å². The van der Waals surface area contributed by atoms with Crippen molar-refractivity contribution >= 4 is 17.7 Å². The van der Waals surface area contributed by atoms with Gasteiger partial charge in [0.15, 0.2) is 6.10 Å². The lowest BCUT2D eigenvalue weighted by Gasteiger charge is -2.37. The van der Waals surface area contributed by atoms with Gasteiger partial charge in [-0.2, -0.15) is 24.9 Å². The highest BCUT2D eigenvalue weighted by Gasteiger charge is 2.45. The molecular formula is C12H18F3N5OS. The van der Waals surface area contributed by atoms with Crippen LogP contribution in [-0.2, 0) is 11.3 Å². The zero-order chi connectivity index (χ0) is 15.7. The number of anilines is 1. The second-order valence-corrected chi connectivity index (χ2v) is 7.09. The monoisotopic (exact) mass is 337 g/mol. The molecule has 0 aliphatic carbocycles. The van der Waals surface area contributed by atoms with Gasteiger partial charge in [-0.05, 0) is 35.9 Å². The molecule has 3 unspecified atom stereocenters. The molecule has 0 aromatic carbocycles. The molecule has 124 valence electrons. The van der Waals surface area contributed by atoms with Gasteiger partial charge in [-0.15, -0.1) is 0 Å². The van der Waals surface area contributed by atoms with Crippen LogP contribution in [0.3, 0.4) is 0 Å². The van der Waals surface area contributed by atoms with E-state index in [1.54, 1.807) is 16.5 Å². The number of tetrazole rings is 1. The minimum atomic E-state index is -4.38. The van der Waals surface area contributed by atoms with E-state index in [2.05, 4.69) is 15.5 Å². The van der Waals surface area contributed by atoms with E-state index < -0.39 is 18.4 Å². The van der Waals surface area contributed by atoms with Crippen molar-refractivity contribution in [1.82, 2.24) is 20.2 Å². The van der Waals surface area contributed by atoms with Crippen LogP contribution in [0.1, 0.15) is 19.8 Å². The molecule has 0 bridgehead atoms. The van der Waals surface area contributed by atoms with E-state index in [1.165, 1.54) is 0 Å². The van der Waals surface area contributed by atoms with Gasteiger partial charge in [0.25, 0.3) is 0 Å². The Morgan fingerprint density at radius 3 is 2.86 bits per heavy atom. The average Bonchev–Trinajstić information content (AvgIpc) is 3.09. The predicted octanol–water partition coefficient (Wildman–Crippen LogP) is 1.72. The third-order valence-corrected chi connectivity index (χ3v) is 5.20. The van der Waals surface area contributed by atoms with Gasteiger partial charge in [0.2, 0.25) is 5.95 Å². The molecule has 0 N–H and O–H groups in total. The molecule has 0 spiro atoms. The number of morpholine rings is 1. The molecule has 2 saturated heterocycles. The van der Waals surface area contributed by atoms with Gasteiger partial charge in [-0.1, -0.05) is 5.10 Å². The van der Waals surface area contributed by atoms with E-state index in [9.17, 15) is 13.2 Å². The normalized spacial score (nSPS) is 30.0. The first kappa shape index (κ1) is 15.9. The molecule has 0 radical (unpaired) electrons. The lowest BCUT2D eigenvalue weighted by atomic mass is 10.2. The highest BCUT2D eigenvalue weighted by Crippen LogP contribution is 2.31. The Labute approximate surface area is 130 Å². The molecule has 22 heavy (non-hydrogen) atoms. The van der Waals surface area contributed by atoms with Crippen LogP contribution in [0.5, 0.6) is 0 Å². The smallest absolute Gasteiger partial charge is 0.362 e. The Balaban J connectivity index is 1.74. The fourth-order valence-electron chi connectivity index (χ4n) is 2.82. The van der Waals surface area contributed by atoms with Gasteiger partial charge in [0.05, 0.1) is 19.2 Å². The van der Waals surface area contributed by atoms with Crippen LogP contribution >= 0.6 is 11.8 Å². The predicted molar refractivity (Wildman–Crippen MR) is 75.9 cm³/mol. The number of hydrogen-bond acceptors (Lipinski definition) is 6. The number of aromatic nitrogens is 4. The van der Waals surface area contributed by atoms with Crippen molar-refractivity contribution in [2.24, 2.45) is 0 Å². The number of nitrogens with zero attached hydrogens (tertiary/aromatic N) is 5. The number of thioether (sulfide) groups is 1. The van der Waals surface area contributed by atoms with Crippen LogP contribution in [0.2, 0.25) is 0 Å². The van der Waals surface area contributed by atoms with Crippen molar-refractivity contribution in [3.8, 4) is 0 Å². The molecule has 3 rings (SSSR count). The van der Waals surface area contributed by atoms with Gasteiger partial charge in [0, 0.05) is 11.8 Å². The van der Waals surface area contributed by atoms with E-state index in [4.69, 9.17) is 4.74 Å². The minimum Gasteiger partial charge on any atom is -0.362 e. The maximum absolute atomic E-state index is 12.9. The Bertz CT molecular complexity index is 505. The standard InChI is InChI=1S/C12H18F3N5OS/c1-8-5-19(7-10(21-8)12(13,14)15)11-16-17-18-20(11)6-9-3-2-4-22-9/h8-10H,2-7H2,1H3. The fraction of sp³-hybridized carbons (Fsp3) is 0.917. The van der Waals surface area contributed by atoms with E-state index in [-0.39, 0.29) is 6.54 Å². The van der Waals surface area contributed by atoms with Gasteiger partial charge in [0.1, 0.15) is 0 Å². The largest absolute Gasteiger partial charge is 0.416 e. The molecule has 3 atom stereocenters. The highest BCUT2D eigenvalue weighted by atomic mass is 32.2. The van der Waals surface area contributed by atoms with Crippen molar-refractivity contribution < 1.29 is 17.9 Å². The minimum absolute atomic E-state index is 0.272. The molecule has 3 heterocycles. The zero-order valence-electron chi connectivity index (χ0n) is 12.2. The van der Waals surface area contributed by atoms with Crippen LogP contribution in [0, 0.1) is 0 Å². The van der Waals surface area contributed by atoms with Crippen LogP contribution < -0.4 is 4.90 Å². The van der Waals surface area contributed by atoms with Gasteiger partial charge >= 0.3 is 6.18 Å². The fourth-order valence-corrected chi connectivity index (χ4v) is 4.07. The molecule has 0 saturated carbocycles. The van der Waals surface area contributed by atoms with Crippen molar-refractivity contribution in [2.45, 2.75) is 49.9 Å². The molecule has 2 fully saturated rings. The lowest BCUT2D eigenvalue weighted by Crippen LogP contribution is -2.53. The summed E-state index contributed by atoms with van der Waals surface area (Å²) in [6.45, 7) is 2.35. The van der Waals surface area contributed by atoms with E-state index in [0.717, 1.165) is 18.6 Å². The Hall–Kier alpha value is -1.03. The quantitative estimate of drug-likeness (QED) is 0.837. The third kappa shape index (κ3) is 3.48. The summed E-state index contributed by atoms with van der Waals surface area (Å²) < 4.78 is 45.5. The van der Waals surface area contributed by atoms with Gasteiger partial charge < -0.3 is 9.64 Å². The summed E-state index contributed by atoms with van der Waals surface area (Å²) in [4.78, 5) is 1.58. The summed E-state index contributed by atoms with van der Waals surface area (Å²) in [5.41, 5.74) is 0. The van der Waals surface area contributed by atoms with Crippen molar-refractivity contribution in [3.05, 3.63) is 0 Å². The van der Waals surface area contributed by atoms with Gasteiger partial charge in [-0.3, -0.25) is 0 Å². The molecule has 2 aliphatic rings. The molecule has 1 aromatic rings. The molecule has 6 nitrogen and oxygen atoms in total. The van der Waals surface area contributed by atoms with Crippen LogP contribution in [0.15, 0.2) is 0 Å². The van der Waals surface area contributed by atoms with Crippen molar-refractivity contribution in [1.29, 1.82) is 0 Å². The Morgan fingerprint density at radius 2 is 2.18 bits per heavy atom. The van der Waals surface area contributed by atoms with Crippen LogP contribution in [-0.4, -0.2) is 62.7 Å². The Morgan fingerprint density at radius 1 is 1.36 bits per heavy atom. The second kappa shape index (κ2) is 6.23. The number of ether oxygens (including phenoxy) is 1. The Kier molecular flexibility index (Phi) is 4.49. The first-order chi connectivity index (χ1) is 10.4. The van der Waals surface area contributed by atoms with Crippen molar-refractivity contribution in [2.75, 3.05) is 23.7 Å².